The van der Waals surface area contributed by atoms with Gasteiger partial charge in [0, 0.05) is 20.1 Å². The number of hydrogen-bond donors (Lipinski definition) is 1. The van der Waals surface area contributed by atoms with E-state index >= 15 is 0 Å². The number of hydrogen-bond acceptors (Lipinski definition) is 3. The molecule has 1 N–H and O–H groups in total. The van der Waals surface area contributed by atoms with Crippen LogP contribution in [0.5, 0.6) is 0 Å². The van der Waals surface area contributed by atoms with Crippen molar-refractivity contribution in [1.82, 2.24) is 10.2 Å². The fourth-order valence-corrected chi connectivity index (χ4v) is 1.81. The van der Waals surface area contributed by atoms with Crippen LogP contribution in [0.15, 0.2) is 29.3 Å². The Bertz CT molecular complexity index is 497. The Balaban J connectivity index is 0.00000441. The van der Waals surface area contributed by atoms with Crippen LogP contribution in [-0.4, -0.2) is 44.1 Å². The van der Waals surface area contributed by atoms with Crippen molar-refractivity contribution in [3.05, 3.63) is 35.6 Å². The highest BCUT2D eigenvalue weighted by Gasteiger charge is 2.07. The number of ether oxygens (including phenoxy) is 1. The number of benzene rings is 1. The zero-order valence-corrected chi connectivity index (χ0v) is 15.5. The molecular weight excluding hydrogens is 400 g/mol. The Morgan fingerprint density at radius 2 is 2.18 bits per heavy atom. The number of rotatable bonds is 6. The fraction of sp³-hybridized carbons (Fsp3) is 0.467. The van der Waals surface area contributed by atoms with E-state index in [4.69, 9.17) is 0 Å². The van der Waals surface area contributed by atoms with Crippen LogP contribution in [0, 0.1) is 5.82 Å². The maximum atomic E-state index is 13.2. The lowest BCUT2D eigenvalue weighted by Gasteiger charge is -2.22. The number of methoxy groups -OCH3 is 1. The smallest absolute Gasteiger partial charge is 0.307 e. The highest BCUT2D eigenvalue weighted by molar-refractivity contribution is 14.0. The molecule has 5 nitrogen and oxygen atoms in total. The summed E-state index contributed by atoms with van der Waals surface area (Å²) in [6, 6.07) is 6.45. The lowest BCUT2D eigenvalue weighted by molar-refractivity contribution is -0.140. The number of esters is 1. The number of carbonyl (C=O) groups is 1. The first-order chi connectivity index (χ1) is 10.1. The minimum atomic E-state index is -0.289. The van der Waals surface area contributed by atoms with Gasteiger partial charge in [0.1, 0.15) is 5.82 Å². The van der Waals surface area contributed by atoms with Crippen molar-refractivity contribution in [3.8, 4) is 0 Å². The van der Waals surface area contributed by atoms with Crippen molar-refractivity contribution in [1.29, 1.82) is 0 Å². The Morgan fingerprint density at radius 1 is 1.45 bits per heavy atom. The summed E-state index contributed by atoms with van der Waals surface area (Å²) in [4.78, 5) is 17.3. The van der Waals surface area contributed by atoms with Gasteiger partial charge in [-0.25, -0.2) is 4.39 Å². The van der Waals surface area contributed by atoms with Crippen LogP contribution in [0.25, 0.3) is 0 Å². The van der Waals surface area contributed by atoms with E-state index in [0.717, 1.165) is 5.56 Å². The van der Waals surface area contributed by atoms with Gasteiger partial charge in [-0.05, 0) is 24.6 Å². The molecule has 0 spiro atoms. The summed E-state index contributed by atoms with van der Waals surface area (Å²) in [5, 5.41) is 3.14. The zero-order valence-electron chi connectivity index (χ0n) is 13.1. The summed E-state index contributed by atoms with van der Waals surface area (Å²) < 4.78 is 17.8. The maximum absolute atomic E-state index is 13.2. The van der Waals surface area contributed by atoms with E-state index in [0.29, 0.717) is 25.6 Å². The summed E-state index contributed by atoms with van der Waals surface area (Å²) in [7, 11) is 3.22. The van der Waals surface area contributed by atoms with Gasteiger partial charge in [-0.1, -0.05) is 12.1 Å². The first-order valence-electron chi connectivity index (χ1n) is 6.87. The van der Waals surface area contributed by atoms with Crippen molar-refractivity contribution < 1.29 is 13.9 Å². The van der Waals surface area contributed by atoms with Gasteiger partial charge in [0.2, 0.25) is 0 Å². The molecule has 0 amide bonds. The van der Waals surface area contributed by atoms with Gasteiger partial charge in [0.05, 0.1) is 20.1 Å². The van der Waals surface area contributed by atoms with Crippen LogP contribution < -0.4 is 5.32 Å². The molecular formula is C15H23FIN3O2. The van der Waals surface area contributed by atoms with E-state index in [9.17, 15) is 9.18 Å². The normalized spacial score (nSPS) is 10.6. The average Bonchev–Trinajstić information content (AvgIpc) is 2.46. The molecule has 0 unspecified atom stereocenters. The van der Waals surface area contributed by atoms with Crippen molar-refractivity contribution >= 4 is 35.9 Å². The van der Waals surface area contributed by atoms with Crippen LogP contribution in [0.4, 0.5) is 4.39 Å². The largest absolute Gasteiger partial charge is 0.469 e. The highest BCUT2D eigenvalue weighted by Crippen LogP contribution is 2.06. The summed E-state index contributed by atoms with van der Waals surface area (Å²) in [6.07, 6.45) is 0.235. The van der Waals surface area contributed by atoms with E-state index in [2.05, 4.69) is 15.0 Å². The summed E-state index contributed by atoms with van der Waals surface area (Å²) in [5.41, 5.74) is 0.857. The number of halogens is 2. The van der Waals surface area contributed by atoms with Gasteiger partial charge in [0.15, 0.2) is 5.96 Å². The van der Waals surface area contributed by atoms with Crippen molar-refractivity contribution in [2.75, 3.05) is 27.2 Å². The second kappa shape index (κ2) is 11.2. The Kier molecular flexibility index (Phi) is 10.5. The topological polar surface area (TPSA) is 53.9 Å². The number of aliphatic imine (C=N–C) groups is 1. The second-order valence-electron chi connectivity index (χ2n) is 4.55. The van der Waals surface area contributed by atoms with Gasteiger partial charge in [-0.2, -0.15) is 0 Å². The number of guanidine groups is 1. The van der Waals surface area contributed by atoms with Crippen LogP contribution >= 0.6 is 24.0 Å². The molecule has 1 rings (SSSR count). The molecule has 0 aliphatic carbocycles. The minimum Gasteiger partial charge on any atom is -0.469 e. The molecule has 0 bridgehead atoms. The molecule has 0 aromatic heterocycles. The fourth-order valence-electron chi connectivity index (χ4n) is 1.81. The van der Waals surface area contributed by atoms with E-state index in [1.165, 1.54) is 19.2 Å². The lowest BCUT2D eigenvalue weighted by Crippen LogP contribution is -2.38. The van der Waals surface area contributed by atoms with E-state index in [-0.39, 0.29) is 42.2 Å². The Morgan fingerprint density at radius 3 is 2.77 bits per heavy atom. The third-order valence-corrected chi connectivity index (χ3v) is 2.81. The van der Waals surface area contributed by atoms with Crippen LogP contribution in [-0.2, 0) is 16.1 Å². The van der Waals surface area contributed by atoms with Gasteiger partial charge in [-0.15, -0.1) is 24.0 Å². The summed E-state index contributed by atoms with van der Waals surface area (Å²) in [6.45, 7) is 3.56. The minimum absolute atomic E-state index is 0. The van der Waals surface area contributed by atoms with Gasteiger partial charge in [-0.3, -0.25) is 9.79 Å². The highest BCUT2D eigenvalue weighted by atomic mass is 127. The van der Waals surface area contributed by atoms with Crippen LogP contribution in [0.3, 0.4) is 0 Å². The van der Waals surface area contributed by atoms with Crippen molar-refractivity contribution in [2.24, 2.45) is 4.99 Å². The second-order valence-corrected chi connectivity index (χ2v) is 4.55. The number of nitrogens with one attached hydrogen (secondary N) is 1. The predicted octanol–water partition coefficient (Wildman–Crippen LogP) is 2.40. The van der Waals surface area contributed by atoms with E-state index < -0.39 is 0 Å². The molecule has 0 aliphatic rings. The summed E-state index contributed by atoms with van der Waals surface area (Å²) >= 11 is 0. The van der Waals surface area contributed by atoms with E-state index in [1.807, 2.05) is 24.9 Å². The number of nitrogens with zero attached hydrogens (tertiary/aromatic N) is 2. The van der Waals surface area contributed by atoms with Crippen molar-refractivity contribution in [2.45, 2.75) is 19.9 Å². The average molecular weight is 423 g/mol. The third-order valence-electron chi connectivity index (χ3n) is 2.81. The maximum Gasteiger partial charge on any atom is 0.307 e. The zero-order chi connectivity index (χ0) is 15.7. The molecule has 22 heavy (non-hydrogen) atoms. The lowest BCUT2D eigenvalue weighted by atomic mass is 10.2. The molecule has 0 heterocycles. The predicted molar refractivity (Wildman–Crippen MR) is 95.9 cm³/mol. The number of carbonyl (C=O) groups excluding carboxylic acids is 1. The van der Waals surface area contributed by atoms with E-state index in [1.54, 1.807) is 6.07 Å². The molecule has 0 fully saturated rings. The van der Waals surface area contributed by atoms with Crippen LogP contribution in [0.2, 0.25) is 0 Å². The van der Waals surface area contributed by atoms with Gasteiger partial charge >= 0.3 is 5.97 Å². The molecule has 124 valence electrons. The molecule has 1 aromatic carbocycles. The molecule has 0 saturated heterocycles. The summed E-state index contributed by atoms with van der Waals surface area (Å²) in [5.74, 6) is 0.126. The first-order valence-corrected chi connectivity index (χ1v) is 6.87. The van der Waals surface area contributed by atoms with Gasteiger partial charge in [0.25, 0.3) is 0 Å². The Labute approximate surface area is 148 Å². The van der Waals surface area contributed by atoms with Crippen LogP contribution in [0.1, 0.15) is 18.9 Å². The molecule has 7 heteroatoms. The molecule has 0 radical (unpaired) electrons. The molecule has 0 atom stereocenters. The third kappa shape index (κ3) is 7.58. The van der Waals surface area contributed by atoms with Crippen molar-refractivity contribution in [3.63, 3.8) is 0 Å². The molecule has 0 aliphatic heterocycles. The Hall–Kier alpha value is -1.38. The van der Waals surface area contributed by atoms with Gasteiger partial charge < -0.3 is 15.0 Å². The standard InChI is InChI=1S/C15H22FN3O2.HI/c1-4-17-15(18-9-8-14(20)21-3)19(2)11-12-6-5-7-13(16)10-12;/h5-7,10H,4,8-9,11H2,1-3H3,(H,17,18);1H. The molecule has 0 saturated carbocycles. The quantitative estimate of drug-likeness (QED) is 0.331. The first kappa shape index (κ1) is 20.6. The molecule has 1 aromatic rings. The monoisotopic (exact) mass is 423 g/mol. The SMILES string of the molecule is CCNC(=NCCC(=O)OC)N(C)Cc1cccc(F)c1.I.